The van der Waals surface area contributed by atoms with E-state index >= 15 is 0 Å². The van der Waals surface area contributed by atoms with Gasteiger partial charge >= 0.3 is 12.4 Å². The van der Waals surface area contributed by atoms with Gasteiger partial charge in [-0.2, -0.15) is 26.3 Å². The maximum absolute atomic E-state index is 12.8. The smallest absolute Gasteiger partial charge is 0.328 e. The number of rotatable bonds is 4. The van der Waals surface area contributed by atoms with Gasteiger partial charge < -0.3 is 11.5 Å². The molecule has 2 saturated heterocycles. The van der Waals surface area contributed by atoms with Crippen molar-refractivity contribution < 1.29 is 26.3 Å². The number of nitrogens with zero attached hydrogens (tertiary/aromatic N) is 2. The Balaban J connectivity index is 0.000000201. The Labute approximate surface area is 208 Å². The summed E-state index contributed by atoms with van der Waals surface area (Å²) in [5.74, 6) is 0. The van der Waals surface area contributed by atoms with Gasteiger partial charge in [-0.1, -0.05) is 36.4 Å². The third kappa shape index (κ3) is 8.47. The molecule has 0 atom stereocenters. The van der Waals surface area contributed by atoms with E-state index in [2.05, 4.69) is 0 Å². The minimum absolute atomic E-state index is 0.194. The topological polar surface area (TPSA) is 58.5 Å². The van der Waals surface area contributed by atoms with Crippen molar-refractivity contribution in [2.45, 2.75) is 63.2 Å². The number of hydrogen-bond acceptors (Lipinski definition) is 4. The molecule has 2 aliphatic rings. The van der Waals surface area contributed by atoms with Crippen LogP contribution in [0.4, 0.5) is 26.3 Å². The fourth-order valence-electron chi connectivity index (χ4n) is 4.57. The highest BCUT2D eigenvalue weighted by Crippen LogP contribution is 2.33. The second-order valence-electron chi connectivity index (χ2n) is 9.54. The molecule has 2 aromatic carbocycles. The molecule has 0 radical (unpaired) electrons. The van der Waals surface area contributed by atoms with Crippen molar-refractivity contribution in [3.63, 3.8) is 0 Å². The number of likely N-dealkylation sites (tertiary alicyclic amines) is 2. The summed E-state index contributed by atoms with van der Waals surface area (Å²) in [7, 11) is 0. The van der Waals surface area contributed by atoms with Crippen molar-refractivity contribution in [1.29, 1.82) is 0 Å². The van der Waals surface area contributed by atoms with E-state index in [0.717, 1.165) is 64.0 Å². The van der Waals surface area contributed by atoms with Gasteiger partial charge in [0, 0.05) is 25.2 Å². The van der Waals surface area contributed by atoms with Gasteiger partial charge in [0.25, 0.3) is 0 Å². The second kappa shape index (κ2) is 12.4. The van der Waals surface area contributed by atoms with Gasteiger partial charge in [0.05, 0.1) is 11.1 Å². The quantitative estimate of drug-likeness (QED) is 0.545. The lowest BCUT2D eigenvalue weighted by atomic mass is 10.0. The average Bonchev–Trinajstić information content (AvgIpc) is 2.82. The normalized spacial score (nSPS) is 19.1. The Kier molecular flexibility index (Phi) is 9.79. The minimum Gasteiger partial charge on any atom is -0.328 e. The molecule has 0 aromatic heterocycles. The molecule has 0 saturated carbocycles. The minimum atomic E-state index is -4.28. The summed E-state index contributed by atoms with van der Waals surface area (Å²) >= 11 is 0. The van der Waals surface area contributed by atoms with E-state index < -0.39 is 23.5 Å². The predicted molar refractivity (Wildman–Crippen MR) is 128 cm³/mol. The van der Waals surface area contributed by atoms with E-state index in [1.165, 1.54) is 12.1 Å². The molecule has 2 aromatic rings. The van der Waals surface area contributed by atoms with Gasteiger partial charge in [-0.15, -0.1) is 0 Å². The zero-order valence-electron chi connectivity index (χ0n) is 20.2. The molecule has 0 bridgehead atoms. The van der Waals surface area contributed by atoms with Crippen LogP contribution in [0.2, 0.25) is 0 Å². The molecule has 0 amide bonds. The Morgan fingerprint density at radius 1 is 0.583 bits per heavy atom. The number of piperidine rings is 2. The van der Waals surface area contributed by atoms with E-state index in [1.54, 1.807) is 24.3 Å². The van der Waals surface area contributed by atoms with Gasteiger partial charge in [0.15, 0.2) is 0 Å². The van der Waals surface area contributed by atoms with Gasteiger partial charge in [-0.05, 0) is 75.1 Å². The second-order valence-corrected chi connectivity index (χ2v) is 9.54. The molecule has 4 rings (SSSR count). The highest BCUT2D eigenvalue weighted by Gasteiger charge is 2.34. The fourth-order valence-corrected chi connectivity index (χ4v) is 4.57. The molecule has 0 aliphatic carbocycles. The Morgan fingerprint density at radius 2 is 0.889 bits per heavy atom. The summed E-state index contributed by atoms with van der Waals surface area (Å²) < 4.78 is 77.0. The van der Waals surface area contributed by atoms with Crippen LogP contribution < -0.4 is 11.5 Å². The summed E-state index contributed by atoms with van der Waals surface area (Å²) in [6.07, 6.45) is -5.13. The average molecular weight is 517 g/mol. The molecule has 36 heavy (non-hydrogen) atoms. The molecule has 2 heterocycles. The number of hydrogen-bond donors (Lipinski definition) is 2. The van der Waals surface area contributed by atoms with E-state index in [4.69, 9.17) is 11.5 Å². The lowest BCUT2D eigenvalue weighted by molar-refractivity contribution is -0.139. The first kappa shape index (κ1) is 28.4. The van der Waals surface area contributed by atoms with Crippen molar-refractivity contribution in [1.82, 2.24) is 9.80 Å². The number of benzene rings is 2. The standard InChI is InChI=1S/2C13H17F3N2/c2*14-13(15,16)12-4-2-1-3-10(12)9-18-7-5-11(17)6-8-18/h2*1-4,11H,5-9,17H2. The summed E-state index contributed by atoms with van der Waals surface area (Å²) in [4.78, 5) is 4.07. The summed E-state index contributed by atoms with van der Waals surface area (Å²) in [6, 6.07) is 11.9. The highest BCUT2D eigenvalue weighted by molar-refractivity contribution is 5.30. The van der Waals surface area contributed by atoms with E-state index in [9.17, 15) is 26.3 Å². The highest BCUT2D eigenvalue weighted by atomic mass is 19.4. The summed E-state index contributed by atoms with van der Waals surface area (Å²) in [6.45, 7) is 3.78. The van der Waals surface area contributed by atoms with Crippen molar-refractivity contribution in [2.75, 3.05) is 26.2 Å². The van der Waals surface area contributed by atoms with Gasteiger partial charge in [0.2, 0.25) is 0 Å². The van der Waals surface area contributed by atoms with Crippen LogP contribution in [0.15, 0.2) is 48.5 Å². The molecule has 0 spiro atoms. The molecule has 200 valence electrons. The van der Waals surface area contributed by atoms with Crippen molar-refractivity contribution in [3.8, 4) is 0 Å². The first-order chi connectivity index (χ1) is 16.9. The van der Waals surface area contributed by atoms with Crippen LogP contribution in [0.5, 0.6) is 0 Å². The zero-order valence-corrected chi connectivity index (χ0v) is 20.2. The zero-order chi connectivity index (χ0) is 26.3. The predicted octanol–water partition coefficient (Wildman–Crippen LogP) is 5.26. The van der Waals surface area contributed by atoms with Crippen LogP contribution >= 0.6 is 0 Å². The monoisotopic (exact) mass is 516 g/mol. The van der Waals surface area contributed by atoms with Crippen LogP contribution in [0.25, 0.3) is 0 Å². The molecule has 4 N–H and O–H groups in total. The molecule has 0 unspecified atom stereocenters. The SMILES string of the molecule is NC1CCN(Cc2ccccc2C(F)(F)F)CC1.NC1CCN(Cc2ccccc2C(F)(F)F)CC1. The maximum Gasteiger partial charge on any atom is 0.416 e. The fraction of sp³-hybridized carbons (Fsp3) is 0.538. The van der Waals surface area contributed by atoms with E-state index in [1.807, 2.05) is 9.80 Å². The van der Waals surface area contributed by atoms with Crippen LogP contribution in [-0.4, -0.2) is 48.1 Å². The Bertz CT molecular complexity index is 868. The largest absolute Gasteiger partial charge is 0.416 e. The Morgan fingerprint density at radius 3 is 1.19 bits per heavy atom. The van der Waals surface area contributed by atoms with E-state index in [-0.39, 0.29) is 12.1 Å². The molecule has 2 aliphatic heterocycles. The molecule has 2 fully saturated rings. The van der Waals surface area contributed by atoms with Gasteiger partial charge in [0.1, 0.15) is 0 Å². The van der Waals surface area contributed by atoms with Crippen LogP contribution in [0, 0.1) is 0 Å². The van der Waals surface area contributed by atoms with Gasteiger partial charge in [-0.25, -0.2) is 0 Å². The number of alkyl halides is 6. The number of halogens is 6. The summed E-state index contributed by atoms with van der Waals surface area (Å²) in [5, 5.41) is 0. The first-order valence-electron chi connectivity index (χ1n) is 12.2. The third-order valence-corrected chi connectivity index (χ3v) is 6.70. The Hall–Kier alpha value is -2.14. The van der Waals surface area contributed by atoms with Crippen molar-refractivity contribution in [3.05, 3.63) is 70.8 Å². The van der Waals surface area contributed by atoms with Crippen LogP contribution in [0.3, 0.4) is 0 Å². The van der Waals surface area contributed by atoms with Crippen LogP contribution in [0.1, 0.15) is 47.9 Å². The summed E-state index contributed by atoms with van der Waals surface area (Å²) in [5.41, 5.74) is 11.2. The number of nitrogens with two attached hydrogens (primary N) is 2. The van der Waals surface area contributed by atoms with E-state index in [0.29, 0.717) is 24.2 Å². The lowest BCUT2D eigenvalue weighted by Gasteiger charge is -2.30. The van der Waals surface area contributed by atoms with Crippen LogP contribution in [-0.2, 0) is 25.4 Å². The molecule has 10 heteroatoms. The third-order valence-electron chi connectivity index (χ3n) is 6.70. The molecular weight excluding hydrogens is 482 g/mol. The van der Waals surface area contributed by atoms with Crippen molar-refractivity contribution >= 4 is 0 Å². The van der Waals surface area contributed by atoms with Gasteiger partial charge in [-0.3, -0.25) is 9.80 Å². The lowest BCUT2D eigenvalue weighted by Crippen LogP contribution is -2.39. The van der Waals surface area contributed by atoms with Crippen molar-refractivity contribution in [2.24, 2.45) is 11.5 Å². The molecule has 4 nitrogen and oxygen atoms in total. The molecular formula is C26H34F6N4. The first-order valence-corrected chi connectivity index (χ1v) is 12.2. The maximum atomic E-state index is 12.8.